The highest BCUT2D eigenvalue weighted by molar-refractivity contribution is 6.04. The maximum absolute atomic E-state index is 14.0. The van der Waals surface area contributed by atoms with Crippen molar-refractivity contribution in [3.8, 4) is 0 Å². The standard InChI is InChI=1S/C39H53F2NO4/c1-34(2)15-17-39(33(45)46-8)18-16-37(6)25(26(39)21-34)10-12-30-36(5)20-24(31(43)35(3,4)29(36)13-14-38(30,37)7)32(44)42-22-23-9-11-27(40)28(41)19-23/h9-11,19,24,26,29-30H,12-18,20-22H2,1-8H3,(H,42,44)/t24?,26?,29?,30?,36-,37+,38+,39-/m0/s1. The molecule has 5 aliphatic rings. The Morgan fingerprint density at radius 1 is 0.913 bits per heavy atom. The molecule has 1 aromatic carbocycles. The van der Waals surface area contributed by atoms with Crippen LogP contribution in [-0.4, -0.2) is 24.8 Å². The molecule has 1 N–H and O–H groups in total. The SMILES string of the molecule is COC(=O)[C@]12CCC(C)(C)CC1C1=CCC3[C@@]4(C)CC(C(=O)NCc5ccc(F)c(F)c5)C(=O)C(C)(C)C4CC[C@@]3(C)[C@]1(C)CC2. The summed E-state index contributed by atoms with van der Waals surface area (Å²) >= 11 is 0. The van der Waals surface area contributed by atoms with E-state index >= 15 is 0 Å². The molecular weight excluding hydrogens is 584 g/mol. The number of halogens is 2. The van der Waals surface area contributed by atoms with Crippen LogP contribution in [0.4, 0.5) is 8.78 Å². The van der Waals surface area contributed by atoms with Gasteiger partial charge in [0.25, 0.3) is 0 Å². The number of hydrogen-bond donors (Lipinski definition) is 1. The number of rotatable bonds is 4. The van der Waals surface area contributed by atoms with Gasteiger partial charge in [-0.3, -0.25) is 14.4 Å². The predicted molar refractivity (Wildman–Crippen MR) is 173 cm³/mol. The van der Waals surface area contributed by atoms with Gasteiger partial charge in [0, 0.05) is 12.0 Å². The quantitative estimate of drug-likeness (QED) is 0.205. The third kappa shape index (κ3) is 4.59. The zero-order valence-electron chi connectivity index (χ0n) is 29.1. The average Bonchev–Trinajstić information content (AvgIpc) is 2.99. The lowest BCUT2D eigenvalue weighted by Crippen LogP contribution is -2.66. The van der Waals surface area contributed by atoms with Crippen molar-refractivity contribution in [1.82, 2.24) is 5.32 Å². The Bertz CT molecular complexity index is 1500. The van der Waals surface area contributed by atoms with Crippen LogP contribution in [0, 0.1) is 67.8 Å². The first-order chi connectivity index (χ1) is 21.4. The average molecular weight is 638 g/mol. The Labute approximate surface area is 273 Å². The number of ether oxygens (including phenoxy) is 1. The van der Waals surface area contributed by atoms with E-state index in [9.17, 15) is 23.2 Å². The van der Waals surface area contributed by atoms with Gasteiger partial charge < -0.3 is 10.1 Å². The van der Waals surface area contributed by atoms with Crippen LogP contribution in [0.3, 0.4) is 0 Å². The van der Waals surface area contributed by atoms with Crippen molar-refractivity contribution in [2.75, 3.05) is 7.11 Å². The first kappa shape index (κ1) is 33.3. The van der Waals surface area contributed by atoms with Crippen LogP contribution in [0.1, 0.15) is 112 Å². The Morgan fingerprint density at radius 2 is 1.61 bits per heavy atom. The molecule has 6 rings (SSSR count). The number of esters is 1. The van der Waals surface area contributed by atoms with Gasteiger partial charge in [-0.25, -0.2) is 8.78 Å². The molecule has 4 fully saturated rings. The molecule has 8 atom stereocenters. The van der Waals surface area contributed by atoms with Gasteiger partial charge in [-0.05, 0) is 115 Å². The molecule has 7 heteroatoms. The summed E-state index contributed by atoms with van der Waals surface area (Å²) < 4.78 is 32.8. The van der Waals surface area contributed by atoms with Crippen LogP contribution in [0.25, 0.3) is 0 Å². The zero-order valence-corrected chi connectivity index (χ0v) is 29.1. The van der Waals surface area contributed by atoms with Gasteiger partial charge >= 0.3 is 5.97 Å². The van der Waals surface area contributed by atoms with Crippen molar-refractivity contribution in [3.05, 3.63) is 47.0 Å². The largest absolute Gasteiger partial charge is 0.469 e. The van der Waals surface area contributed by atoms with Crippen molar-refractivity contribution in [2.45, 2.75) is 113 Å². The fourth-order valence-corrected chi connectivity index (χ4v) is 12.0. The number of ketones is 1. The van der Waals surface area contributed by atoms with E-state index < -0.39 is 28.4 Å². The van der Waals surface area contributed by atoms with Crippen molar-refractivity contribution in [2.24, 2.45) is 56.2 Å². The first-order valence-electron chi connectivity index (χ1n) is 17.4. The van der Waals surface area contributed by atoms with E-state index in [4.69, 9.17) is 4.74 Å². The van der Waals surface area contributed by atoms with Crippen LogP contribution in [-0.2, 0) is 25.7 Å². The van der Waals surface area contributed by atoms with E-state index in [2.05, 4.69) is 46.0 Å². The van der Waals surface area contributed by atoms with Gasteiger partial charge in [0.2, 0.25) is 5.91 Å². The van der Waals surface area contributed by atoms with Crippen LogP contribution < -0.4 is 5.32 Å². The summed E-state index contributed by atoms with van der Waals surface area (Å²) in [6, 6.07) is 3.60. The van der Waals surface area contributed by atoms with Gasteiger partial charge in [0.1, 0.15) is 0 Å². The monoisotopic (exact) mass is 637 g/mol. The van der Waals surface area contributed by atoms with Crippen molar-refractivity contribution in [1.29, 1.82) is 0 Å². The summed E-state index contributed by atoms with van der Waals surface area (Å²) in [6.45, 7) is 16.0. The number of nitrogens with one attached hydrogen (secondary N) is 1. The van der Waals surface area contributed by atoms with Gasteiger partial charge in [-0.2, -0.15) is 0 Å². The Kier molecular flexibility index (Phi) is 7.77. The van der Waals surface area contributed by atoms with E-state index in [-0.39, 0.29) is 63.6 Å². The minimum Gasteiger partial charge on any atom is -0.469 e. The second-order valence-corrected chi connectivity index (χ2v) is 17.7. The molecule has 1 aromatic rings. The summed E-state index contributed by atoms with van der Waals surface area (Å²) in [5.41, 5.74) is 0.487. The number of carbonyl (C=O) groups is 3. The van der Waals surface area contributed by atoms with Gasteiger partial charge in [-0.1, -0.05) is 66.2 Å². The summed E-state index contributed by atoms with van der Waals surface area (Å²) in [4.78, 5) is 41.3. The molecule has 0 bridgehead atoms. The summed E-state index contributed by atoms with van der Waals surface area (Å²) in [5.74, 6) is -2.54. The van der Waals surface area contributed by atoms with E-state index in [0.717, 1.165) is 63.5 Å². The lowest BCUT2D eigenvalue weighted by Gasteiger charge is -2.71. The molecule has 5 aliphatic carbocycles. The number of hydrogen-bond acceptors (Lipinski definition) is 4. The molecule has 0 heterocycles. The lowest BCUT2D eigenvalue weighted by molar-refractivity contribution is -0.196. The number of methoxy groups -OCH3 is 1. The van der Waals surface area contributed by atoms with Crippen LogP contribution in [0.2, 0.25) is 0 Å². The maximum atomic E-state index is 14.0. The Balaban J connectivity index is 1.34. The van der Waals surface area contributed by atoms with Crippen LogP contribution in [0.15, 0.2) is 29.8 Å². The van der Waals surface area contributed by atoms with Gasteiger partial charge in [0.15, 0.2) is 17.4 Å². The lowest BCUT2D eigenvalue weighted by atomic mass is 9.33. The van der Waals surface area contributed by atoms with Crippen LogP contribution >= 0.6 is 0 Å². The Morgan fingerprint density at radius 3 is 2.28 bits per heavy atom. The molecule has 0 aromatic heterocycles. The highest BCUT2D eigenvalue weighted by atomic mass is 19.2. The number of carbonyl (C=O) groups excluding carboxylic acids is 3. The molecule has 46 heavy (non-hydrogen) atoms. The fourth-order valence-electron chi connectivity index (χ4n) is 12.0. The summed E-state index contributed by atoms with van der Waals surface area (Å²) in [7, 11) is 1.53. The first-order valence-corrected chi connectivity index (χ1v) is 17.4. The highest BCUT2D eigenvalue weighted by Crippen LogP contribution is 2.75. The number of amides is 1. The second-order valence-electron chi connectivity index (χ2n) is 17.7. The van der Waals surface area contributed by atoms with Crippen molar-refractivity contribution in [3.63, 3.8) is 0 Å². The number of allylic oxidation sites excluding steroid dienone is 2. The zero-order chi connectivity index (χ0) is 33.7. The number of Topliss-reactive ketones (excluding diaryl/α,β-unsaturated/α-hetero) is 1. The third-order valence-corrected chi connectivity index (χ3v) is 14.7. The van der Waals surface area contributed by atoms with E-state index in [1.165, 1.54) is 18.7 Å². The summed E-state index contributed by atoms with van der Waals surface area (Å²) in [5, 5.41) is 2.89. The van der Waals surface area contributed by atoms with Crippen molar-refractivity contribution >= 4 is 17.7 Å². The minimum absolute atomic E-state index is 0.0235. The van der Waals surface area contributed by atoms with Crippen LogP contribution in [0.5, 0.6) is 0 Å². The smallest absolute Gasteiger partial charge is 0.312 e. The molecule has 5 nitrogen and oxygen atoms in total. The van der Waals surface area contributed by atoms with E-state index in [1.807, 2.05) is 13.8 Å². The molecule has 0 saturated heterocycles. The van der Waals surface area contributed by atoms with E-state index in [1.54, 1.807) is 0 Å². The minimum atomic E-state index is -0.958. The molecular formula is C39H53F2NO4. The van der Waals surface area contributed by atoms with Gasteiger partial charge in [-0.15, -0.1) is 0 Å². The molecule has 0 radical (unpaired) electrons. The number of benzene rings is 1. The maximum Gasteiger partial charge on any atom is 0.312 e. The van der Waals surface area contributed by atoms with Gasteiger partial charge in [0.05, 0.1) is 18.4 Å². The topological polar surface area (TPSA) is 72.5 Å². The predicted octanol–water partition coefficient (Wildman–Crippen LogP) is 8.35. The number of fused-ring (bicyclic) bond motifs is 7. The summed E-state index contributed by atoms with van der Waals surface area (Å²) in [6.07, 6.45) is 10.4. The normalized spacial score (nSPS) is 40.7. The van der Waals surface area contributed by atoms with E-state index in [0.29, 0.717) is 12.0 Å². The molecule has 252 valence electrons. The molecule has 0 aliphatic heterocycles. The highest BCUT2D eigenvalue weighted by Gasteiger charge is 2.70. The second kappa shape index (κ2) is 10.7. The molecule has 4 unspecified atom stereocenters. The molecule has 1 amide bonds. The molecule has 4 saturated carbocycles. The molecule has 0 spiro atoms. The fraction of sp³-hybridized carbons (Fsp3) is 0.718. The Hall–Kier alpha value is -2.57. The van der Waals surface area contributed by atoms with Crippen molar-refractivity contribution < 1.29 is 27.9 Å². The third-order valence-electron chi connectivity index (χ3n) is 14.7.